The molecule has 18 heavy (non-hydrogen) atoms. The molecule has 2 fully saturated rings. The lowest BCUT2D eigenvalue weighted by atomic mass is 9.77. The number of aliphatic hydroxyl groups excluding tert-OH is 1. The molecule has 1 saturated heterocycles. The van der Waals surface area contributed by atoms with E-state index in [9.17, 15) is 9.59 Å². The van der Waals surface area contributed by atoms with Crippen molar-refractivity contribution >= 4 is 12.0 Å². The number of amides is 2. The van der Waals surface area contributed by atoms with Crippen molar-refractivity contribution in [3.63, 3.8) is 0 Å². The van der Waals surface area contributed by atoms with Crippen molar-refractivity contribution in [2.45, 2.75) is 37.6 Å². The van der Waals surface area contributed by atoms with Gasteiger partial charge in [-0.25, -0.2) is 9.59 Å². The van der Waals surface area contributed by atoms with Crippen LogP contribution in [0.4, 0.5) is 4.79 Å². The Hall–Kier alpha value is -1.30. The maximum absolute atomic E-state index is 12.0. The fourth-order valence-electron chi connectivity index (χ4n) is 2.64. The molecule has 0 spiro atoms. The summed E-state index contributed by atoms with van der Waals surface area (Å²) in [4.78, 5) is 24.8. The number of hydrogen-bond acceptors (Lipinski definition) is 3. The van der Waals surface area contributed by atoms with E-state index in [1.165, 1.54) is 0 Å². The number of rotatable bonds is 4. The molecule has 2 aliphatic rings. The lowest BCUT2D eigenvalue weighted by Crippen LogP contribution is -2.61. The summed E-state index contributed by atoms with van der Waals surface area (Å²) in [7, 11) is 0. The number of likely N-dealkylation sites (tertiary alicyclic amines) is 1. The SMILES string of the molecule is O=C(NC1(C(=O)O)CCC1)N1CCC(CCO)C1. The minimum Gasteiger partial charge on any atom is -0.480 e. The number of carbonyl (C=O) groups is 2. The highest BCUT2D eigenvalue weighted by molar-refractivity contribution is 5.87. The fraction of sp³-hybridized carbons (Fsp3) is 0.833. The van der Waals surface area contributed by atoms with Gasteiger partial charge in [-0.1, -0.05) is 0 Å². The third-order valence-corrected chi connectivity index (χ3v) is 4.07. The van der Waals surface area contributed by atoms with Gasteiger partial charge in [-0.05, 0) is 38.0 Å². The van der Waals surface area contributed by atoms with Gasteiger partial charge in [-0.15, -0.1) is 0 Å². The third-order valence-electron chi connectivity index (χ3n) is 4.07. The molecule has 1 saturated carbocycles. The summed E-state index contributed by atoms with van der Waals surface area (Å²) in [6, 6.07) is -0.280. The second-order valence-electron chi connectivity index (χ2n) is 5.28. The van der Waals surface area contributed by atoms with Gasteiger partial charge in [0.25, 0.3) is 0 Å². The third kappa shape index (κ3) is 2.43. The van der Waals surface area contributed by atoms with E-state index >= 15 is 0 Å². The summed E-state index contributed by atoms with van der Waals surface area (Å²) < 4.78 is 0. The molecule has 0 aromatic carbocycles. The summed E-state index contributed by atoms with van der Waals surface area (Å²) in [6.45, 7) is 1.40. The summed E-state index contributed by atoms with van der Waals surface area (Å²) in [5.41, 5.74) is -1.04. The number of hydrogen-bond donors (Lipinski definition) is 3. The quantitative estimate of drug-likeness (QED) is 0.679. The number of nitrogens with one attached hydrogen (secondary N) is 1. The maximum Gasteiger partial charge on any atom is 0.329 e. The van der Waals surface area contributed by atoms with Gasteiger partial charge in [0.15, 0.2) is 0 Å². The first-order valence-corrected chi connectivity index (χ1v) is 6.49. The highest BCUT2D eigenvalue weighted by atomic mass is 16.4. The van der Waals surface area contributed by atoms with E-state index in [1.54, 1.807) is 4.90 Å². The normalized spacial score (nSPS) is 25.6. The van der Waals surface area contributed by atoms with Gasteiger partial charge in [-0.2, -0.15) is 0 Å². The molecule has 3 N–H and O–H groups in total. The molecule has 1 atom stereocenters. The highest BCUT2D eigenvalue weighted by Gasteiger charge is 2.46. The molecule has 0 bridgehead atoms. The number of aliphatic hydroxyl groups is 1. The summed E-state index contributed by atoms with van der Waals surface area (Å²) in [5, 5.41) is 20.7. The van der Waals surface area contributed by atoms with E-state index in [4.69, 9.17) is 10.2 Å². The van der Waals surface area contributed by atoms with Crippen LogP contribution in [0.2, 0.25) is 0 Å². The molecular weight excluding hydrogens is 236 g/mol. The number of aliphatic carboxylic acids is 1. The number of nitrogens with zero attached hydrogens (tertiary/aromatic N) is 1. The monoisotopic (exact) mass is 256 g/mol. The van der Waals surface area contributed by atoms with Crippen molar-refractivity contribution in [3.8, 4) is 0 Å². The van der Waals surface area contributed by atoms with E-state index in [-0.39, 0.29) is 12.6 Å². The smallest absolute Gasteiger partial charge is 0.329 e. The van der Waals surface area contributed by atoms with Crippen LogP contribution in [0, 0.1) is 5.92 Å². The van der Waals surface area contributed by atoms with Gasteiger partial charge in [0, 0.05) is 19.7 Å². The van der Waals surface area contributed by atoms with Crippen molar-refractivity contribution in [3.05, 3.63) is 0 Å². The van der Waals surface area contributed by atoms with Crippen molar-refractivity contribution in [2.24, 2.45) is 5.92 Å². The van der Waals surface area contributed by atoms with Crippen LogP contribution in [0.25, 0.3) is 0 Å². The van der Waals surface area contributed by atoms with Crippen LogP contribution in [-0.4, -0.2) is 52.3 Å². The highest BCUT2D eigenvalue weighted by Crippen LogP contribution is 2.32. The standard InChI is InChI=1S/C12H20N2O4/c15-7-3-9-2-6-14(8-9)11(18)13-12(10(16)17)4-1-5-12/h9,15H,1-8H2,(H,13,18)(H,16,17). The molecule has 0 aromatic heterocycles. The first-order chi connectivity index (χ1) is 8.57. The summed E-state index contributed by atoms with van der Waals surface area (Å²) >= 11 is 0. The Kier molecular flexibility index (Phi) is 3.75. The van der Waals surface area contributed by atoms with Crippen LogP contribution in [0.5, 0.6) is 0 Å². The van der Waals surface area contributed by atoms with E-state index in [1.807, 2.05) is 0 Å². The fourth-order valence-corrected chi connectivity index (χ4v) is 2.64. The van der Waals surface area contributed by atoms with Crippen LogP contribution in [0.3, 0.4) is 0 Å². The molecule has 6 heteroatoms. The van der Waals surface area contributed by atoms with Gasteiger partial charge >= 0.3 is 12.0 Å². The second kappa shape index (κ2) is 5.14. The molecule has 6 nitrogen and oxygen atoms in total. The van der Waals surface area contributed by atoms with E-state index in [2.05, 4.69) is 5.32 Å². The lowest BCUT2D eigenvalue weighted by Gasteiger charge is -2.39. The molecular formula is C12H20N2O4. The van der Waals surface area contributed by atoms with E-state index in [0.29, 0.717) is 38.3 Å². The predicted molar refractivity (Wildman–Crippen MR) is 64.1 cm³/mol. The van der Waals surface area contributed by atoms with Crippen LogP contribution in [0.1, 0.15) is 32.1 Å². The van der Waals surface area contributed by atoms with Crippen LogP contribution >= 0.6 is 0 Å². The number of carbonyl (C=O) groups excluding carboxylic acids is 1. The first kappa shape index (κ1) is 13.1. The van der Waals surface area contributed by atoms with Crippen molar-refractivity contribution in [2.75, 3.05) is 19.7 Å². The van der Waals surface area contributed by atoms with Crippen molar-refractivity contribution in [1.82, 2.24) is 10.2 Å². The van der Waals surface area contributed by atoms with Gasteiger partial charge in [0.2, 0.25) is 0 Å². The zero-order chi connectivity index (χ0) is 13.2. The molecule has 2 amide bonds. The largest absolute Gasteiger partial charge is 0.480 e. The molecule has 1 heterocycles. The van der Waals surface area contributed by atoms with E-state index < -0.39 is 11.5 Å². The lowest BCUT2D eigenvalue weighted by molar-refractivity contribution is -0.148. The Morgan fingerprint density at radius 2 is 2.11 bits per heavy atom. The average molecular weight is 256 g/mol. The maximum atomic E-state index is 12.0. The van der Waals surface area contributed by atoms with Crippen molar-refractivity contribution < 1.29 is 19.8 Å². The minimum atomic E-state index is -1.04. The van der Waals surface area contributed by atoms with Crippen LogP contribution < -0.4 is 5.32 Å². The summed E-state index contributed by atoms with van der Waals surface area (Å²) in [5.74, 6) is -0.601. The Bertz CT molecular complexity index is 341. The molecule has 102 valence electrons. The van der Waals surface area contributed by atoms with E-state index in [0.717, 1.165) is 12.8 Å². The number of carboxylic acids is 1. The zero-order valence-corrected chi connectivity index (χ0v) is 10.4. The Labute approximate surface area is 106 Å². The molecule has 2 rings (SSSR count). The van der Waals surface area contributed by atoms with Crippen molar-refractivity contribution in [1.29, 1.82) is 0 Å². The number of urea groups is 1. The van der Waals surface area contributed by atoms with Crippen LogP contribution in [-0.2, 0) is 4.79 Å². The molecule has 0 radical (unpaired) electrons. The van der Waals surface area contributed by atoms with Crippen LogP contribution in [0.15, 0.2) is 0 Å². The Morgan fingerprint density at radius 3 is 2.61 bits per heavy atom. The zero-order valence-electron chi connectivity index (χ0n) is 10.4. The minimum absolute atomic E-state index is 0.138. The molecule has 1 aliphatic heterocycles. The second-order valence-corrected chi connectivity index (χ2v) is 5.28. The topological polar surface area (TPSA) is 89.9 Å². The molecule has 1 unspecified atom stereocenters. The Balaban J connectivity index is 1.87. The molecule has 0 aromatic rings. The predicted octanol–water partition coefficient (Wildman–Crippen LogP) is 0.408. The Morgan fingerprint density at radius 1 is 1.39 bits per heavy atom. The van der Waals surface area contributed by atoms with Gasteiger partial charge in [0.05, 0.1) is 0 Å². The molecule has 1 aliphatic carbocycles. The summed E-state index contributed by atoms with van der Waals surface area (Å²) in [6.07, 6.45) is 3.46. The van der Waals surface area contributed by atoms with Gasteiger partial charge < -0.3 is 20.4 Å². The number of carboxylic acid groups (broad SMARTS) is 1. The first-order valence-electron chi connectivity index (χ1n) is 6.49. The van der Waals surface area contributed by atoms with Gasteiger partial charge in [-0.3, -0.25) is 0 Å². The average Bonchev–Trinajstić information content (AvgIpc) is 2.71. The van der Waals surface area contributed by atoms with Gasteiger partial charge in [0.1, 0.15) is 5.54 Å².